The number of nitrogens with zero attached hydrogens (tertiary/aromatic N) is 5. The van der Waals surface area contributed by atoms with Crippen LogP contribution in [-0.2, 0) is 19.9 Å². The fourth-order valence-electron chi connectivity index (χ4n) is 9.06. The van der Waals surface area contributed by atoms with Crippen molar-refractivity contribution >= 4 is 87.2 Å². The first-order valence-electron chi connectivity index (χ1n) is 21.3. The van der Waals surface area contributed by atoms with Crippen molar-refractivity contribution in [3.05, 3.63) is 54.7 Å². The third-order valence-electron chi connectivity index (χ3n) is 12.0. The molecule has 0 aliphatic heterocycles. The topological polar surface area (TPSA) is 73.7 Å². The number of fused-ring (bicyclic) bond motifs is 8. The van der Waals surface area contributed by atoms with E-state index in [1.54, 1.807) is 27.1 Å². The lowest BCUT2D eigenvalue weighted by Gasteiger charge is -2.04. The van der Waals surface area contributed by atoms with E-state index in [1.165, 1.54) is 138 Å². The number of hydrogen-bond acceptors (Lipinski definition) is 6. The smallest absolute Gasteiger partial charge is 0.281 e. The Labute approximate surface area is 326 Å². The summed E-state index contributed by atoms with van der Waals surface area (Å²) in [4.78, 5) is 43.3. The zero-order valence-electron chi connectivity index (χ0n) is 32.7. The van der Waals surface area contributed by atoms with Crippen LogP contribution in [0.4, 0.5) is 0 Å². The molecular weight excluding hydrogens is 707 g/mol. The maximum absolute atomic E-state index is 14.5. The molecule has 0 bridgehead atoms. The highest BCUT2D eigenvalue weighted by Crippen LogP contribution is 2.40. The molecule has 8 rings (SSSR count). The third kappa shape index (κ3) is 6.93. The highest BCUT2D eigenvalue weighted by atomic mass is 32.1. The van der Waals surface area contributed by atoms with Gasteiger partial charge in [0.15, 0.2) is 5.65 Å². The SMILES string of the molecule is CCCCCCCCCCCCc1cc2c(nc3c4ccc5c(=O)n6c7cc(CCCCCCCCCCCC)sc7nc6c6c5c4c(c(=O)n23)n6C)s1. The van der Waals surface area contributed by atoms with Crippen LogP contribution in [0.2, 0.25) is 0 Å². The Morgan fingerprint density at radius 3 is 1.46 bits per heavy atom. The van der Waals surface area contributed by atoms with Crippen LogP contribution in [0.1, 0.15) is 152 Å². The first kappa shape index (κ1) is 37.4. The van der Waals surface area contributed by atoms with Gasteiger partial charge in [-0.2, -0.15) is 0 Å². The van der Waals surface area contributed by atoms with Crippen molar-refractivity contribution in [1.29, 1.82) is 0 Å². The zero-order chi connectivity index (χ0) is 37.2. The number of imidazole rings is 2. The number of rotatable bonds is 22. The Kier molecular flexibility index (Phi) is 11.5. The van der Waals surface area contributed by atoms with E-state index in [0.717, 1.165) is 55.2 Å². The minimum atomic E-state index is -0.0766. The van der Waals surface area contributed by atoms with Gasteiger partial charge >= 0.3 is 0 Å². The van der Waals surface area contributed by atoms with E-state index in [4.69, 9.17) is 9.97 Å². The molecule has 54 heavy (non-hydrogen) atoms. The lowest BCUT2D eigenvalue weighted by molar-refractivity contribution is 0.557. The molecule has 0 aliphatic rings. The van der Waals surface area contributed by atoms with Gasteiger partial charge in [-0.05, 0) is 49.9 Å². The summed E-state index contributed by atoms with van der Waals surface area (Å²) in [7, 11) is 1.96. The van der Waals surface area contributed by atoms with E-state index in [-0.39, 0.29) is 11.1 Å². The predicted molar refractivity (Wildman–Crippen MR) is 232 cm³/mol. The predicted octanol–water partition coefficient (Wildman–Crippen LogP) is 12.7. The van der Waals surface area contributed by atoms with Crippen LogP contribution in [0.5, 0.6) is 0 Å². The molecule has 7 heterocycles. The van der Waals surface area contributed by atoms with Crippen molar-refractivity contribution in [2.45, 2.75) is 155 Å². The molecule has 0 spiro atoms. The molecule has 0 aliphatic carbocycles. The minimum absolute atomic E-state index is 0.0639. The Morgan fingerprint density at radius 2 is 0.944 bits per heavy atom. The van der Waals surface area contributed by atoms with E-state index in [0.29, 0.717) is 22.2 Å². The molecule has 8 aromatic rings. The maximum atomic E-state index is 14.5. The van der Waals surface area contributed by atoms with E-state index in [9.17, 15) is 9.59 Å². The summed E-state index contributed by atoms with van der Waals surface area (Å²) in [6.45, 7) is 4.55. The Bertz CT molecular complexity index is 2620. The summed E-state index contributed by atoms with van der Waals surface area (Å²) in [6, 6.07) is 8.32. The number of unbranched alkanes of at least 4 members (excludes halogenated alkanes) is 18. The van der Waals surface area contributed by atoms with Gasteiger partial charge in [0.05, 0.1) is 21.9 Å². The Hall–Kier alpha value is -3.56. The van der Waals surface area contributed by atoms with Gasteiger partial charge in [-0.15, -0.1) is 22.7 Å². The van der Waals surface area contributed by atoms with Gasteiger partial charge in [0.1, 0.15) is 20.8 Å². The maximum Gasteiger partial charge on any atom is 0.281 e. The first-order chi connectivity index (χ1) is 26.5. The minimum Gasteiger partial charge on any atom is -0.336 e. The fraction of sp³-hybridized carbons (Fsp3) is 0.556. The van der Waals surface area contributed by atoms with Gasteiger partial charge < -0.3 is 4.57 Å². The lowest BCUT2D eigenvalue weighted by atomic mass is 10.0. The largest absolute Gasteiger partial charge is 0.336 e. The molecule has 9 heteroatoms. The summed E-state index contributed by atoms with van der Waals surface area (Å²) in [5.41, 5.74) is 4.42. The number of benzene rings is 1. The molecule has 0 saturated heterocycles. The van der Waals surface area contributed by atoms with Crippen LogP contribution < -0.4 is 11.1 Å². The van der Waals surface area contributed by atoms with Crippen molar-refractivity contribution in [3.8, 4) is 0 Å². The van der Waals surface area contributed by atoms with Gasteiger partial charge in [-0.25, -0.2) is 9.97 Å². The molecule has 0 amide bonds. The van der Waals surface area contributed by atoms with Crippen molar-refractivity contribution in [1.82, 2.24) is 23.3 Å². The highest BCUT2D eigenvalue weighted by Gasteiger charge is 2.27. The molecule has 7 nitrogen and oxygen atoms in total. The summed E-state index contributed by atoms with van der Waals surface area (Å²) >= 11 is 3.43. The first-order valence-corrected chi connectivity index (χ1v) is 22.9. The average Bonchev–Trinajstić information content (AvgIpc) is 3.97. The fourth-order valence-corrected chi connectivity index (χ4v) is 11.2. The molecule has 0 saturated carbocycles. The van der Waals surface area contributed by atoms with Crippen molar-refractivity contribution < 1.29 is 0 Å². The number of hydrogen-bond donors (Lipinski definition) is 0. The highest BCUT2D eigenvalue weighted by molar-refractivity contribution is 7.19. The number of pyridine rings is 2. The second kappa shape index (κ2) is 16.7. The summed E-state index contributed by atoms with van der Waals surface area (Å²) in [5.74, 6) is 0. The molecule has 0 radical (unpaired) electrons. The number of aryl methyl sites for hydroxylation is 3. The standard InChI is InChI=1S/C45H57N5O2S2/c1-4-6-8-10-12-14-16-18-20-22-24-30-28-34-42(53-30)46-40-32-26-27-33-37-36(32)39(45(52)49(34)40)48(3)38(37)41-47-43-35(50(41)44(33)51)29-31(54-43)25-23-21-19-17-15-13-11-9-7-5-2/h26-29H,4-25H2,1-3H3. The van der Waals surface area contributed by atoms with Crippen molar-refractivity contribution in [3.63, 3.8) is 0 Å². The van der Waals surface area contributed by atoms with Crippen LogP contribution >= 0.6 is 22.7 Å². The van der Waals surface area contributed by atoms with Gasteiger partial charge in [0, 0.05) is 33.0 Å². The van der Waals surface area contributed by atoms with Crippen LogP contribution in [0.15, 0.2) is 33.9 Å². The average molecular weight is 764 g/mol. The summed E-state index contributed by atoms with van der Waals surface area (Å²) in [5, 5.41) is 3.21. The van der Waals surface area contributed by atoms with Crippen molar-refractivity contribution in [2.24, 2.45) is 7.05 Å². The second-order valence-electron chi connectivity index (χ2n) is 16.0. The number of thiophene rings is 2. The van der Waals surface area contributed by atoms with Gasteiger partial charge in [-0.1, -0.05) is 129 Å². The van der Waals surface area contributed by atoms with E-state index >= 15 is 0 Å². The zero-order valence-corrected chi connectivity index (χ0v) is 34.4. The monoisotopic (exact) mass is 763 g/mol. The molecule has 286 valence electrons. The van der Waals surface area contributed by atoms with Crippen LogP contribution in [0.25, 0.3) is 64.6 Å². The summed E-state index contributed by atoms with van der Waals surface area (Å²) in [6.07, 6.45) is 28.5. The quantitative estimate of drug-likeness (QED) is 0.0509. The summed E-state index contributed by atoms with van der Waals surface area (Å²) < 4.78 is 5.61. The van der Waals surface area contributed by atoms with E-state index in [2.05, 4.69) is 26.0 Å². The molecule has 7 aromatic heterocycles. The van der Waals surface area contributed by atoms with E-state index in [1.807, 2.05) is 28.1 Å². The molecule has 0 N–H and O–H groups in total. The van der Waals surface area contributed by atoms with Crippen LogP contribution in [0, 0.1) is 0 Å². The van der Waals surface area contributed by atoms with Crippen LogP contribution in [-0.4, -0.2) is 23.3 Å². The molecule has 1 aromatic carbocycles. The van der Waals surface area contributed by atoms with Crippen LogP contribution in [0.3, 0.4) is 0 Å². The van der Waals surface area contributed by atoms with Gasteiger partial charge in [0.2, 0.25) is 0 Å². The normalized spacial score (nSPS) is 12.6. The second-order valence-corrected chi connectivity index (χ2v) is 18.2. The molecule has 0 unspecified atom stereocenters. The Balaban J connectivity index is 1.02. The lowest BCUT2D eigenvalue weighted by Crippen LogP contribution is -2.15. The van der Waals surface area contributed by atoms with Crippen molar-refractivity contribution in [2.75, 3.05) is 0 Å². The Morgan fingerprint density at radius 1 is 0.519 bits per heavy atom. The van der Waals surface area contributed by atoms with E-state index < -0.39 is 0 Å². The van der Waals surface area contributed by atoms with Gasteiger partial charge in [-0.3, -0.25) is 18.4 Å². The molecule has 0 atom stereocenters. The molecule has 0 fully saturated rings. The molecular formula is C45H57N5O2S2. The third-order valence-corrected chi connectivity index (χ3v) is 14.2. The van der Waals surface area contributed by atoms with Gasteiger partial charge in [0.25, 0.3) is 11.1 Å². The number of aromatic nitrogens is 5.